The number of nitrogens with zero attached hydrogens (tertiary/aromatic N) is 3. The molecule has 2 amide bonds. The van der Waals surface area contributed by atoms with Gasteiger partial charge in [-0.05, 0) is 48.4 Å². The number of fused-ring (bicyclic) bond motifs is 1. The monoisotopic (exact) mass is 462 g/mol. The van der Waals surface area contributed by atoms with Gasteiger partial charge in [-0.1, -0.05) is 12.1 Å². The lowest BCUT2D eigenvalue weighted by Gasteiger charge is -2.30. The van der Waals surface area contributed by atoms with Gasteiger partial charge in [0, 0.05) is 32.4 Å². The van der Waals surface area contributed by atoms with Gasteiger partial charge < -0.3 is 24.8 Å². The van der Waals surface area contributed by atoms with Crippen molar-refractivity contribution in [1.29, 1.82) is 0 Å². The third kappa shape index (κ3) is 6.14. The zero-order valence-corrected chi connectivity index (χ0v) is 18.3. The van der Waals surface area contributed by atoms with Gasteiger partial charge in [-0.3, -0.25) is 0 Å². The number of aromatic nitrogens is 2. The van der Waals surface area contributed by atoms with Crippen molar-refractivity contribution in [3.8, 4) is 5.75 Å². The molecule has 1 aromatic carbocycles. The van der Waals surface area contributed by atoms with Crippen LogP contribution in [0, 0.1) is 5.92 Å². The number of carbonyl (C=O) groups excluding carboxylic acids is 1. The van der Waals surface area contributed by atoms with Gasteiger partial charge >= 0.3 is 12.6 Å². The fraction of sp³-hybridized carbons (Fsp3) is 0.522. The second kappa shape index (κ2) is 10.8. The van der Waals surface area contributed by atoms with E-state index in [0.29, 0.717) is 31.0 Å². The predicted molar refractivity (Wildman–Crippen MR) is 115 cm³/mol. The third-order valence-electron chi connectivity index (χ3n) is 6.08. The summed E-state index contributed by atoms with van der Waals surface area (Å²) in [4.78, 5) is 23.8. The zero-order chi connectivity index (χ0) is 23.2. The molecule has 0 radical (unpaired) electrons. The van der Waals surface area contributed by atoms with Crippen LogP contribution in [0.3, 0.4) is 0 Å². The molecule has 1 fully saturated rings. The molecule has 8 nitrogen and oxygen atoms in total. The lowest BCUT2D eigenvalue weighted by molar-refractivity contribution is -0.0498. The number of alkyl halides is 2. The topological polar surface area (TPSA) is 96.8 Å². The van der Waals surface area contributed by atoms with Crippen LogP contribution in [-0.2, 0) is 24.1 Å². The molecule has 0 spiro atoms. The molecule has 0 unspecified atom stereocenters. The van der Waals surface area contributed by atoms with Crippen molar-refractivity contribution in [3.05, 3.63) is 53.1 Å². The van der Waals surface area contributed by atoms with E-state index < -0.39 is 12.7 Å². The summed E-state index contributed by atoms with van der Waals surface area (Å²) < 4.78 is 34.4. The van der Waals surface area contributed by atoms with Crippen LogP contribution in [0.25, 0.3) is 0 Å². The van der Waals surface area contributed by atoms with Crippen LogP contribution in [0.2, 0.25) is 0 Å². The Morgan fingerprint density at radius 3 is 2.73 bits per heavy atom. The van der Waals surface area contributed by atoms with Crippen molar-refractivity contribution >= 4 is 6.03 Å². The number of benzene rings is 1. The first-order chi connectivity index (χ1) is 16.0. The summed E-state index contributed by atoms with van der Waals surface area (Å²) in [6, 6.07) is 4.85. The Kier molecular flexibility index (Phi) is 7.66. The average Bonchev–Trinajstić information content (AvgIpc) is 2.83. The van der Waals surface area contributed by atoms with Gasteiger partial charge in [0.2, 0.25) is 0 Å². The fourth-order valence-electron chi connectivity index (χ4n) is 4.18. The van der Waals surface area contributed by atoms with Gasteiger partial charge in [-0.25, -0.2) is 14.8 Å². The van der Waals surface area contributed by atoms with Crippen LogP contribution in [0.15, 0.2) is 30.5 Å². The SMILES string of the molecule is O=C(N[C@H](CO)c1ccc(OC(F)F)cc1)N1CCc2cnc(CC3CCOCC3)nc2C1. The van der Waals surface area contributed by atoms with E-state index in [-0.39, 0.29) is 18.4 Å². The summed E-state index contributed by atoms with van der Waals surface area (Å²) in [6.45, 7) is -0.810. The summed E-state index contributed by atoms with van der Waals surface area (Å²) in [5.41, 5.74) is 2.48. The molecule has 4 rings (SSSR count). The van der Waals surface area contributed by atoms with E-state index in [1.54, 1.807) is 17.0 Å². The second-order valence-electron chi connectivity index (χ2n) is 8.32. The lowest BCUT2D eigenvalue weighted by Crippen LogP contribution is -2.45. The molecule has 3 heterocycles. The van der Waals surface area contributed by atoms with E-state index in [4.69, 9.17) is 9.72 Å². The highest BCUT2D eigenvalue weighted by Gasteiger charge is 2.25. The molecule has 0 aliphatic carbocycles. The van der Waals surface area contributed by atoms with E-state index in [9.17, 15) is 18.7 Å². The standard InChI is InChI=1S/C23H28F2N4O4/c24-22(25)33-18-3-1-16(2-4-18)20(14-30)28-23(31)29-8-5-17-12-26-21(27-19(17)13-29)11-15-6-9-32-10-7-15/h1-4,12,15,20,22,30H,5-11,13-14H2,(H,28,31)/t20-/m1/s1. The quantitative estimate of drug-likeness (QED) is 0.657. The molecule has 2 N–H and O–H groups in total. The second-order valence-corrected chi connectivity index (χ2v) is 8.32. The number of nitrogens with one attached hydrogen (secondary N) is 1. The first kappa shape index (κ1) is 23.3. The number of amides is 2. The first-order valence-electron chi connectivity index (χ1n) is 11.1. The van der Waals surface area contributed by atoms with E-state index in [1.165, 1.54) is 12.1 Å². The minimum Gasteiger partial charge on any atom is -0.435 e. The van der Waals surface area contributed by atoms with E-state index >= 15 is 0 Å². The van der Waals surface area contributed by atoms with Crippen LogP contribution in [-0.4, -0.2) is 59.0 Å². The van der Waals surface area contributed by atoms with Crippen molar-refractivity contribution in [2.24, 2.45) is 5.92 Å². The molecule has 1 saturated heterocycles. The van der Waals surface area contributed by atoms with Crippen molar-refractivity contribution in [1.82, 2.24) is 20.2 Å². The maximum absolute atomic E-state index is 12.9. The molecule has 2 aliphatic heterocycles. The predicted octanol–water partition coefficient (Wildman–Crippen LogP) is 2.85. The highest BCUT2D eigenvalue weighted by atomic mass is 19.3. The average molecular weight is 462 g/mol. The van der Waals surface area contributed by atoms with Crippen LogP contribution >= 0.6 is 0 Å². The van der Waals surface area contributed by atoms with Gasteiger partial charge in [0.25, 0.3) is 0 Å². The normalized spacial score (nSPS) is 17.5. The molecule has 1 atom stereocenters. The number of aliphatic hydroxyl groups is 1. The molecule has 0 saturated carbocycles. The van der Waals surface area contributed by atoms with Gasteiger partial charge in [0.15, 0.2) is 0 Å². The molecule has 10 heteroatoms. The molecular weight excluding hydrogens is 434 g/mol. The van der Waals surface area contributed by atoms with E-state index in [2.05, 4.69) is 15.0 Å². The minimum absolute atomic E-state index is 0.0145. The van der Waals surface area contributed by atoms with Gasteiger partial charge in [-0.2, -0.15) is 8.78 Å². The Morgan fingerprint density at radius 1 is 1.27 bits per heavy atom. The molecule has 2 aliphatic rings. The summed E-state index contributed by atoms with van der Waals surface area (Å²) in [5.74, 6) is 1.32. The Balaban J connectivity index is 1.37. The van der Waals surface area contributed by atoms with E-state index in [0.717, 1.165) is 49.6 Å². The molecular formula is C23H28F2N4O4. The molecule has 1 aromatic heterocycles. The van der Waals surface area contributed by atoms with Crippen LogP contribution in [0.5, 0.6) is 5.75 Å². The van der Waals surface area contributed by atoms with Gasteiger partial charge in [0.1, 0.15) is 11.6 Å². The molecule has 2 aromatic rings. The number of urea groups is 1. The number of ether oxygens (including phenoxy) is 2. The van der Waals surface area contributed by atoms with Gasteiger partial charge in [0.05, 0.1) is 24.9 Å². The minimum atomic E-state index is -2.91. The Hall–Kier alpha value is -2.85. The number of halogens is 2. The summed E-state index contributed by atoms with van der Waals surface area (Å²) >= 11 is 0. The number of hydrogen-bond acceptors (Lipinski definition) is 6. The van der Waals surface area contributed by atoms with Gasteiger partial charge in [-0.15, -0.1) is 0 Å². The highest BCUT2D eigenvalue weighted by molar-refractivity contribution is 5.75. The largest absolute Gasteiger partial charge is 0.435 e. The van der Waals surface area contributed by atoms with Crippen LogP contribution in [0.1, 0.15) is 41.5 Å². The highest BCUT2D eigenvalue weighted by Crippen LogP contribution is 2.23. The van der Waals surface area contributed by atoms with E-state index in [1.807, 2.05) is 6.20 Å². The summed E-state index contributed by atoms with van der Waals surface area (Å²) in [7, 11) is 0. The fourth-order valence-corrected chi connectivity index (χ4v) is 4.18. The lowest BCUT2D eigenvalue weighted by atomic mass is 9.96. The van der Waals surface area contributed by atoms with Crippen molar-refractivity contribution in [2.75, 3.05) is 26.4 Å². The maximum atomic E-state index is 12.9. The van der Waals surface area contributed by atoms with Crippen molar-refractivity contribution in [2.45, 2.75) is 44.9 Å². The molecule has 178 valence electrons. The van der Waals surface area contributed by atoms with Crippen molar-refractivity contribution < 1.29 is 28.2 Å². The van der Waals surface area contributed by atoms with Crippen molar-refractivity contribution in [3.63, 3.8) is 0 Å². The summed E-state index contributed by atoms with van der Waals surface area (Å²) in [6.07, 6.45) is 5.34. The first-order valence-corrected chi connectivity index (χ1v) is 11.1. The number of rotatable bonds is 7. The number of aliphatic hydroxyl groups excluding tert-OH is 1. The number of carbonyl (C=O) groups is 1. The third-order valence-corrected chi connectivity index (χ3v) is 6.08. The summed E-state index contributed by atoms with van der Waals surface area (Å²) in [5, 5.41) is 12.6. The number of hydrogen-bond donors (Lipinski definition) is 2. The molecule has 33 heavy (non-hydrogen) atoms. The smallest absolute Gasteiger partial charge is 0.387 e. The maximum Gasteiger partial charge on any atom is 0.387 e. The Labute approximate surface area is 190 Å². The molecule has 0 bridgehead atoms. The van der Waals surface area contributed by atoms with Crippen LogP contribution < -0.4 is 10.1 Å². The zero-order valence-electron chi connectivity index (χ0n) is 18.3. The Morgan fingerprint density at radius 2 is 2.03 bits per heavy atom. The Bertz CT molecular complexity index is 939. The van der Waals surface area contributed by atoms with Crippen LogP contribution in [0.4, 0.5) is 13.6 Å².